The van der Waals surface area contributed by atoms with E-state index in [2.05, 4.69) is 30.1 Å². The van der Waals surface area contributed by atoms with Crippen molar-refractivity contribution in [2.24, 2.45) is 0 Å². The SMILES string of the molecule is CC=O.CN1Cc2ccc(SCl)cc2C1. The molecule has 0 spiro atoms. The summed E-state index contributed by atoms with van der Waals surface area (Å²) in [5, 5.41) is 0. The van der Waals surface area contributed by atoms with Gasteiger partial charge >= 0.3 is 0 Å². The zero-order chi connectivity index (χ0) is 11.3. The largest absolute Gasteiger partial charge is 0.304 e. The summed E-state index contributed by atoms with van der Waals surface area (Å²) in [6.45, 7) is 3.57. The Balaban J connectivity index is 0.000000337. The van der Waals surface area contributed by atoms with Gasteiger partial charge in [0.25, 0.3) is 0 Å². The van der Waals surface area contributed by atoms with Crippen molar-refractivity contribution in [1.82, 2.24) is 4.90 Å². The van der Waals surface area contributed by atoms with Crippen LogP contribution >= 0.6 is 21.7 Å². The van der Waals surface area contributed by atoms with Crippen molar-refractivity contribution in [1.29, 1.82) is 0 Å². The fraction of sp³-hybridized carbons (Fsp3) is 0.364. The molecule has 1 aliphatic heterocycles. The maximum atomic E-state index is 8.81. The summed E-state index contributed by atoms with van der Waals surface area (Å²) in [6.07, 6.45) is 0.750. The van der Waals surface area contributed by atoms with Gasteiger partial charge in [-0.3, -0.25) is 4.90 Å². The minimum atomic E-state index is 0.750. The number of rotatable bonds is 1. The lowest BCUT2D eigenvalue weighted by Gasteiger charge is -2.02. The fourth-order valence-electron chi connectivity index (χ4n) is 1.59. The van der Waals surface area contributed by atoms with Crippen molar-refractivity contribution < 1.29 is 4.79 Å². The van der Waals surface area contributed by atoms with E-state index in [1.807, 2.05) is 0 Å². The van der Waals surface area contributed by atoms with E-state index in [1.54, 1.807) is 0 Å². The van der Waals surface area contributed by atoms with E-state index in [1.165, 1.54) is 29.0 Å². The number of aldehydes is 1. The summed E-state index contributed by atoms with van der Waals surface area (Å²) in [6, 6.07) is 6.43. The molecule has 0 aliphatic carbocycles. The van der Waals surface area contributed by atoms with Crippen LogP contribution in [-0.4, -0.2) is 18.2 Å². The Morgan fingerprint density at radius 2 is 2.00 bits per heavy atom. The Morgan fingerprint density at radius 3 is 2.60 bits per heavy atom. The van der Waals surface area contributed by atoms with Crippen LogP contribution < -0.4 is 0 Å². The molecule has 2 rings (SSSR count). The normalized spacial score (nSPS) is 14.1. The molecule has 0 bridgehead atoms. The maximum absolute atomic E-state index is 8.81. The lowest BCUT2D eigenvalue weighted by molar-refractivity contribution is -0.106. The molecule has 4 heteroatoms. The zero-order valence-electron chi connectivity index (χ0n) is 8.87. The van der Waals surface area contributed by atoms with Gasteiger partial charge in [0.2, 0.25) is 0 Å². The summed E-state index contributed by atoms with van der Waals surface area (Å²) < 4.78 is 0. The Hall–Kier alpha value is -0.510. The van der Waals surface area contributed by atoms with Gasteiger partial charge in [-0.2, -0.15) is 0 Å². The minimum absolute atomic E-state index is 0.750. The van der Waals surface area contributed by atoms with Crippen LogP contribution in [0.3, 0.4) is 0 Å². The van der Waals surface area contributed by atoms with E-state index in [0.29, 0.717) is 0 Å². The van der Waals surface area contributed by atoms with Crippen molar-refractivity contribution in [3.8, 4) is 0 Å². The molecule has 0 N–H and O–H groups in total. The lowest BCUT2D eigenvalue weighted by atomic mass is 10.1. The van der Waals surface area contributed by atoms with E-state index < -0.39 is 0 Å². The molecule has 0 fully saturated rings. The molecule has 0 saturated heterocycles. The predicted molar refractivity (Wildman–Crippen MR) is 65.1 cm³/mol. The minimum Gasteiger partial charge on any atom is -0.304 e. The quantitative estimate of drug-likeness (QED) is 0.707. The number of carbonyl (C=O) groups is 1. The number of nitrogens with zero attached hydrogens (tertiary/aromatic N) is 1. The van der Waals surface area contributed by atoms with E-state index in [-0.39, 0.29) is 0 Å². The number of benzene rings is 1. The molecule has 1 aliphatic rings. The standard InChI is InChI=1S/C9H10ClNS.C2H4O/c1-11-5-7-2-3-9(12-10)4-8(7)6-11;1-2-3/h2-4H,5-6H2,1H3;2H,1H3. The topological polar surface area (TPSA) is 20.3 Å². The number of fused-ring (bicyclic) bond motifs is 1. The monoisotopic (exact) mass is 243 g/mol. The Morgan fingerprint density at radius 1 is 1.40 bits per heavy atom. The van der Waals surface area contributed by atoms with Gasteiger partial charge in [-0.25, -0.2) is 0 Å². The summed E-state index contributed by atoms with van der Waals surface area (Å²) in [4.78, 5) is 12.2. The first kappa shape index (κ1) is 12.6. The van der Waals surface area contributed by atoms with Crippen LogP contribution in [0.5, 0.6) is 0 Å². The van der Waals surface area contributed by atoms with Crippen molar-refractivity contribution >= 4 is 27.9 Å². The summed E-state index contributed by atoms with van der Waals surface area (Å²) in [5.74, 6) is 0. The highest BCUT2D eigenvalue weighted by atomic mass is 35.7. The highest BCUT2D eigenvalue weighted by Crippen LogP contribution is 2.28. The average molecular weight is 244 g/mol. The maximum Gasteiger partial charge on any atom is 0.116 e. The van der Waals surface area contributed by atoms with Gasteiger partial charge in [0, 0.05) is 18.0 Å². The molecule has 0 saturated carbocycles. The van der Waals surface area contributed by atoms with E-state index in [9.17, 15) is 0 Å². The summed E-state index contributed by atoms with van der Waals surface area (Å²) in [5.41, 5.74) is 2.86. The molecule has 0 radical (unpaired) electrons. The molecule has 1 aromatic rings. The second kappa shape index (κ2) is 6.16. The van der Waals surface area contributed by atoms with E-state index >= 15 is 0 Å². The van der Waals surface area contributed by atoms with Gasteiger partial charge in [0.05, 0.1) is 0 Å². The Kier molecular flexibility index (Phi) is 5.15. The second-order valence-electron chi connectivity index (χ2n) is 3.42. The number of halogens is 1. The van der Waals surface area contributed by atoms with Crippen molar-refractivity contribution in [2.75, 3.05) is 7.05 Å². The summed E-state index contributed by atoms with van der Waals surface area (Å²) in [7, 11) is 9.09. The van der Waals surface area contributed by atoms with Crippen molar-refractivity contribution in [2.45, 2.75) is 24.9 Å². The third-order valence-corrected chi connectivity index (χ3v) is 3.11. The highest BCUT2D eigenvalue weighted by molar-refractivity contribution is 8.21. The van der Waals surface area contributed by atoms with Gasteiger partial charge in [-0.05, 0) is 58.9 Å². The van der Waals surface area contributed by atoms with Crippen LogP contribution in [-0.2, 0) is 17.9 Å². The molecule has 1 heterocycles. The first-order valence-corrected chi connectivity index (χ1v) is 6.34. The third-order valence-electron chi connectivity index (χ3n) is 2.15. The fourth-order valence-corrected chi connectivity index (χ4v) is 2.18. The molecule has 0 atom stereocenters. The van der Waals surface area contributed by atoms with Crippen LogP contribution in [0.15, 0.2) is 23.1 Å². The Bertz CT molecular complexity index is 343. The molecule has 2 nitrogen and oxygen atoms in total. The van der Waals surface area contributed by atoms with Crippen molar-refractivity contribution in [3.63, 3.8) is 0 Å². The molecule has 0 amide bonds. The van der Waals surface area contributed by atoms with Crippen molar-refractivity contribution in [3.05, 3.63) is 29.3 Å². The lowest BCUT2D eigenvalue weighted by Crippen LogP contribution is -2.07. The highest BCUT2D eigenvalue weighted by Gasteiger charge is 2.14. The predicted octanol–water partition coefficient (Wildman–Crippen LogP) is 3.08. The van der Waals surface area contributed by atoms with Crippen LogP contribution in [0.25, 0.3) is 0 Å². The van der Waals surface area contributed by atoms with E-state index in [0.717, 1.165) is 24.3 Å². The first-order chi connectivity index (χ1) is 7.21. The van der Waals surface area contributed by atoms with Crippen LogP contribution in [0.4, 0.5) is 0 Å². The van der Waals surface area contributed by atoms with Crippen LogP contribution in [0, 0.1) is 0 Å². The first-order valence-electron chi connectivity index (χ1n) is 4.70. The zero-order valence-corrected chi connectivity index (χ0v) is 10.4. The molecular formula is C11H14ClNOS. The van der Waals surface area contributed by atoms with Gasteiger partial charge in [0.15, 0.2) is 0 Å². The smallest absolute Gasteiger partial charge is 0.116 e. The molecule has 0 unspecified atom stereocenters. The average Bonchev–Trinajstić information content (AvgIpc) is 2.57. The number of carbonyl (C=O) groups excluding carboxylic acids is 1. The molecular weight excluding hydrogens is 230 g/mol. The molecule has 82 valence electrons. The summed E-state index contributed by atoms with van der Waals surface area (Å²) >= 11 is 0. The second-order valence-corrected chi connectivity index (χ2v) is 4.50. The molecule has 15 heavy (non-hydrogen) atoms. The number of hydrogen-bond acceptors (Lipinski definition) is 3. The van der Waals surface area contributed by atoms with E-state index in [4.69, 9.17) is 15.5 Å². The molecule has 0 aromatic heterocycles. The van der Waals surface area contributed by atoms with Crippen LogP contribution in [0.1, 0.15) is 18.1 Å². The van der Waals surface area contributed by atoms with Gasteiger partial charge in [-0.15, -0.1) is 0 Å². The van der Waals surface area contributed by atoms with Gasteiger partial charge < -0.3 is 4.79 Å². The van der Waals surface area contributed by atoms with Gasteiger partial charge in [0.1, 0.15) is 6.29 Å². The third kappa shape index (κ3) is 3.52. The van der Waals surface area contributed by atoms with Crippen LogP contribution in [0.2, 0.25) is 0 Å². The molecule has 1 aromatic carbocycles. The van der Waals surface area contributed by atoms with Gasteiger partial charge in [-0.1, -0.05) is 6.07 Å². The Labute approximate surface area is 99.1 Å². The number of hydrogen-bond donors (Lipinski definition) is 0.